The van der Waals surface area contributed by atoms with Gasteiger partial charge in [-0.1, -0.05) is 15.9 Å². The van der Waals surface area contributed by atoms with Gasteiger partial charge in [-0.25, -0.2) is 0 Å². The first-order valence-electron chi connectivity index (χ1n) is 6.55. The van der Waals surface area contributed by atoms with Crippen LogP contribution >= 0.6 is 15.9 Å². The average molecular weight is 328 g/mol. The van der Waals surface area contributed by atoms with E-state index in [4.69, 9.17) is 15.2 Å². The van der Waals surface area contributed by atoms with Gasteiger partial charge in [-0.3, -0.25) is 0 Å². The number of halogens is 1. The Morgan fingerprint density at radius 2 is 1.84 bits per heavy atom. The van der Waals surface area contributed by atoms with Crippen LogP contribution in [-0.2, 0) is 11.2 Å². The van der Waals surface area contributed by atoms with Gasteiger partial charge < -0.3 is 15.2 Å². The minimum Gasteiger partial charge on any atom is -0.496 e. The van der Waals surface area contributed by atoms with Crippen molar-refractivity contribution in [2.45, 2.75) is 27.2 Å². The van der Waals surface area contributed by atoms with Crippen molar-refractivity contribution in [2.24, 2.45) is 11.1 Å². The van der Waals surface area contributed by atoms with Gasteiger partial charge in [-0.2, -0.15) is 0 Å². The highest BCUT2D eigenvalue weighted by Crippen LogP contribution is 2.41. The summed E-state index contributed by atoms with van der Waals surface area (Å²) in [6, 6.07) is 0. The summed E-state index contributed by atoms with van der Waals surface area (Å²) in [7, 11) is 1.74. The maximum atomic E-state index is 5.93. The number of benzene rings is 1. The molecule has 1 aromatic rings. The number of hydrogen-bond donors (Lipinski definition) is 1. The van der Waals surface area contributed by atoms with Crippen LogP contribution in [-0.4, -0.2) is 26.9 Å². The third-order valence-electron chi connectivity index (χ3n) is 4.29. The second kappa shape index (κ2) is 5.43. The van der Waals surface area contributed by atoms with Gasteiger partial charge in [0.2, 0.25) is 0 Å². The van der Waals surface area contributed by atoms with Gasteiger partial charge in [0.15, 0.2) is 0 Å². The van der Waals surface area contributed by atoms with Crippen LogP contribution in [0.1, 0.15) is 22.3 Å². The molecule has 0 spiro atoms. The van der Waals surface area contributed by atoms with Crippen LogP contribution in [0.5, 0.6) is 5.75 Å². The van der Waals surface area contributed by atoms with Crippen LogP contribution in [0.25, 0.3) is 0 Å². The molecule has 1 heterocycles. The third-order valence-corrected chi connectivity index (χ3v) is 5.48. The lowest BCUT2D eigenvalue weighted by molar-refractivity contribution is -0.106. The minimum absolute atomic E-state index is 0.0825. The van der Waals surface area contributed by atoms with E-state index in [1.165, 1.54) is 26.7 Å². The van der Waals surface area contributed by atoms with E-state index in [2.05, 4.69) is 36.7 Å². The van der Waals surface area contributed by atoms with Gasteiger partial charge in [-0.15, -0.1) is 0 Å². The van der Waals surface area contributed by atoms with Gasteiger partial charge in [0.1, 0.15) is 5.75 Å². The van der Waals surface area contributed by atoms with E-state index in [0.29, 0.717) is 6.54 Å². The smallest absolute Gasteiger partial charge is 0.125 e. The van der Waals surface area contributed by atoms with Crippen LogP contribution < -0.4 is 10.5 Å². The van der Waals surface area contributed by atoms with Crippen molar-refractivity contribution in [3.63, 3.8) is 0 Å². The molecule has 4 heteroatoms. The standard InChI is InChI=1S/C15H22BrNO2/c1-9-10(2)14(18-4)12(11(3)13(9)16)5-15(6-17)7-19-8-15/h5-8,17H2,1-4H3. The molecule has 0 radical (unpaired) electrons. The Bertz CT molecular complexity index is 490. The molecule has 2 N–H and O–H groups in total. The van der Waals surface area contributed by atoms with E-state index in [0.717, 1.165) is 25.4 Å². The number of methoxy groups -OCH3 is 1. The molecule has 3 nitrogen and oxygen atoms in total. The summed E-state index contributed by atoms with van der Waals surface area (Å²) >= 11 is 3.70. The van der Waals surface area contributed by atoms with E-state index >= 15 is 0 Å². The number of nitrogens with two attached hydrogens (primary N) is 1. The Balaban J connectivity index is 2.49. The van der Waals surface area contributed by atoms with Crippen molar-refractivity contribution in [2.75, 3.05) is 26.9 Å². The predicted octanol–water partition coefficient (Wildman–Crippen LogP) is 2.90. The Morgan fingerprint density at radius 3 is 2.26 bits per heavy atom. The Morgan fingerprint density at radius 1 is 1.21 bits per heavy atom. The molecule has 0 atom stereocenters. The first kappa shape index (κ1) is 14.8. The zero-order valence-electron chi connectivity index (χ0n) is 12.1. The molecule has 0 bridgehead atoms. The molecule has 1 fully saturated rings. The van der Waals surface area contributed by atoms with E-state index in [1.54, 1.807) is 7.11 Å². The lowest BCUT2D eigenvalue weighted by atomic mass is 9.78. The van der Waals surface area contributed by atoms with Crippen molar-refractivity contribution in [1.29, 1.82) is 0 Å². The highest BCUT2D eigenvalue weighted by molar-refractivity contribution is 9.10. The van der Waals surface area contributed by atoms with Gasteiger partial charge in [0.05, 0.1) is 20.3 Å². The number of ether oxygens (including phenoxy) is 2. The zero-order chi connectivity index (χ0) is 14.2. The van der Waals surface area contributed by atoms with Gasteiger partial charge in [0, 0.05) is 16.4 Å². The van der Waals surface area contributed by atoms with Crippen molar-refractivity contribution in [1.82, 2.24) is 0 Å². The number of hydrogen-bond acceptors (Lipinski definition) is 3. The monoisotopic (exact) mass is 327 g/mol. The van der Waals surface area contributed by atoms with Crippen LogP contribution in [0, 0.1) is 26.2 Å². The second-order valence-corrected chi connectivity index (χ2v) is 6.37. The largest absolute Gasteiger partial charge is 0.496 e. The average Bonchev–Trinajstić information content (AvgIpc) is 2.37. The molecule has 1 aliphatic rings. The number of rotatable bonds is 4. The van der Waals surface area contributed by atoms with Crippen LogP contribution in [0.15, 0.2) is 4.47 Å². The van der Waals surface area contributed by atoms with E-state index in [9.17, 15) is 0 Å². The molecule has 106 valence electrons. The summed E-state index contributed by atoms with van der Waals surface area (Å²) in [5, 5.41) is 0. The minimum atomic E-state index is 0.0825. The summed E-state index contributed by atoms with van der Waals surface area (Å²) in [6.45, 7) is 8.50. The SMILES string of the molecule is COc1c(C)c(C)c(Br)c(C)c1CC1(CN)COC1. The highest BCUT2D eigenvalue weighted by atomic mass is 79.9. The molecular formula is C15H22BrNO2. The zero-order valence-corrected chi connectivity index (χ0v) is 13.7. The van der Waals surface area contributed by atoms with Crippen molar-refractivity contribution in [3.8, 4) is 5.75 Å². The van der Waals surface area contributed by atoms with Crippen molar-refractivity contribution >= 4 is 15.9 Å². The predicted molar refractivity (Wildman–Crippen MR) is 80.9 cm³/mol. The van der Waals surface area contributed by atoms with E-state index in [1.807, 2.05) is 0 Å². The molecule has 0 unspecified atom stereocenters. The quantitative estimate of drug-likeness (QED) is 0.924. The molecule has 0 aliphatic carbocycles. The molecule has 0 saturated carbocycles. The van der Waals surface area contributed by atoms with Crippen LogP contribution in [0.3, 0.4) is 0 Å². The Hall–Kier alpha value is -0.580. The second-order valence-electron chi connectivity index (χ2n) is 5.57. The summed E-state index contributed by atoms with van der Waals surface area (Å²) in [5.74, 6) is 0.998. The maximum absolute atomic E-state index is 5.93. The maximum Gasteiger partial charge on any atom is 0.125 e. The Labute approximate surface area is 123 Å². The lowest BCUT2D eigenvalue weighted by Gasteiger charge is -2.41. The van der Waals surface area contributed by atoms with Gasteiger partial charge >= 0.3 is 0 Å². The van der Waals surface area contributed by atoms with Crippen LogP contribution in [0.2, 0.25) is 0 Å². The summed E-state index contributed by atoms with van der Waals surface area (Å²) < 4.78 is 12.2. The fourth-order valence-corrected chi connectivity index (χ4v) is 3.23. The van der Waals surface area contributed by atoms with Crippen molar-refractivity contribution in [3.05, 3.63) is 26.7 Å². The molecule has 0 amide bonds. The molecule has 1 aromatic carbocycles. The first-order valence-corrected chi connectivity index (χ1v) is 7.35. The topological polar surface area (TPSA) is 44.5 Å². The molecular weight excluding hydrogens is 306 g/mol. The summed E-state index contributed by atoms with van der Waals surface area (Å²) in [5.41, 5.74) is 11.0. The third kappa shape index (κ3) is 2.41. The van der Waals surface area contributed by atoms with Gasteiger partial charge in [0.25, 0.3) is 0 Å². The fourth-order valence-electron chi connectivity index (χ4n) is 2.69. The van der Waals surface area contributed by atoms with Gasteiger partial charge in [-0.05, 0) is 49.4 Å². The van der Waals surface area contributed by atoms with E-state index < -0.39 is 0 Å². The van der Waals surface area contributed by atoms with E-state index in [-0.39, 0.29) is 5.41 Å². The first-order chi connectivity index (χ1) is 8.95. The Kier molecular flexibility index (Phi) is 4.23. The summed E-state index contributed by atoms with van der Waals surface area (Å²) in [4.78, 5) is 0. The fraction of sp³-hybridized carbons (Fsp3) is 0.600. The van der Waals surface area contributed by atoms with Crippen molar-refractivity contribution < 1.29 is 9.47 Å². The molecule has 1 saturated heterocycles. The summed E-state index contributed by atoms with van der Waals surface area (Å²) in [6.07, 6.45) is 0.915. The molecule has 19 heavy (non-hydrogen) atoms. The highest BCUT2D eigenvalue weighted by Gasteiger charge is 2.39. The molecule has 2 rings (SSSR count). The molecule has 1 aliphatic heterocycles. The molecule has 0 aromatic heterocycles. The normalized spacial score (nSPS) is 17.2. The lowest BCUT2D eigenvalue weighted by Crippen LogP contribution is -2.50. The van der Waals surface area contributed by atoms with Crippen LogP contribution in [0.4, 0.5) is 0 Å².